The predicted molar refractivity (Wildman–Crippen MR) is 101 cm³/mol. The molecule has 2 rings (SSSR count). The fraction of sp³-hybridized carbons (Fsp3) is 0.562. The number of rotatable bonds is 7. The minimum atomic E-state index is -0.411. The Kier molecular flexibility index (Phi) is 7.38. The van der Waals surface area contributed by atoms with Crippen LogP contribution in [0.1, 0.15) is 33.6 Å². The minimum Gasteiger partial charge on any atom is -0.350 e. The molecular formula is C16H25ClN4O2S. The first-order chi connectivity index (χ1) is 10.8. The number of thiophene rings is 1. The van der Waals surface area contributed by atoms with Gasteiger partial charge in [0.2, 0.25) is 5.91 Å². The Bertz CT molecular complexity index is 743. The number of carbonyl (C=O) groups is 1. The standard InChI is InChI=1S/C16H24N4O2S.ClH/c1-11(2)8-16(3,9-17)19-13(21)4-6-20-10-18-14-12(15(20)22)5-7-23-14;/h5,7,10-11H,4,6,8-9,17H2,1-3H3,(H,19,21);1H. The third-order valence-corrected chi connectivity index (χ3v) is 4.60. The van der Waals surface area contributed by atoms with E-state index in [0.717, 1.165) is 11.3 Å². The number of amides is 1. The van der Waals surface area contributed by atoms with Crippen molar-refractivity contribution in [3.8, 4) is 0 Å². The molecular weight excluding hydrogens is 348 g/mol. The highest BCUT2D eigenvalue weighted by molar-refractivity contribution is 7.16. The summed E-state index contributed by atoms with van der Waals surface area (Å²) in [6.07, 6.45) is 2.55. The van der Waals surface area contributed by atoms with Gasteiger partial charge in [-0.1, -0.05) is 13.8 Å². The van der Waals surface area contributed by atoms with Crippen LogP contribution >= 0.6 is 23.7 Å². The Hall–Kier alpha value is -1.44. The van der Waals surface area contributed by atoms with Gasteiger partial charge >= 0.3 is 0 Å². The van der Waals surface area contributed by atoms with Crippen molar-refractivity contribution < 1.29 is 4.79 Å². The maximum absolute atomic E-state index is 12.3. The molecule has 2 aromatic rings. The molecule has 2 aromatic heterocycles. The van der Waals surface area contributed by atoms with E-state index >= 15 is 0 Å². The monoisotopic (exact) mass is 372 g/mol. The number of nitrogens with two attached hydrogens (primary N) is 1. The second-order valence-electron chi connectivity index (χ2n) is 6.54. The molecule has 0 saturated carbocycles. The summed E-state index contributed by atoms with van der Waals surface area (Å²) >= 11 is 1.43. The van der Waals surface area contributed by atoms with Crippen molar-refractivity contribution in [2.45, 2.75) is 45.7 Å². The van der Waals surface area contributed by atoms with Gasteiger partial charge in [-0.3, -0.25) is 14.2 Å². The first-order valence-corrected chi connectivity index (χ1v) is 8.66. The molecule has 1 unspecified atom stereocenters. The molecule has 0 bridgehead atoms. The number of aryl methyl sites for hydroxylation is 1. The highest BCUT2D eigenvalue weighted by Gasteiger charge is 2.25. The van der Waals surface area contributed by atoms with E-state index in [1.807, 2.05) is 12.3 Å². The van der Waals surface area contributed by atoms with Gasteiger partial charge in [-0.25, -0.2) is 4.98 Å². The molecule has 0 spiro atoms. The van der Waals surface area contributed by atoms with Crippen LogP contribution in [-0.4, -0.2) is 27.5 Å². The lowest BCUT2D eigenvalue weighted by Crippen LogP contribution is -2.52. The zero-order valence-electron chi connectivity index (χ0n) is 14.2. The van der Waals surface area contributed by atoms with Crippen molar-refractivity contribution >= 4 is 39.9 Å². The van der Waals surface area contributed by atoms with Gasteiger partial charge in [-0.05, 0) is 30.7 Å². The normalized spacial score (nSPS) is 13.5. The van der Waals surface area contributed by atoms with Crippen LogP contribution in [0.3, 0.4) is 0 Å². The lowest BCUT2D eigenvalue weighted by molar-refractivity contribution is -0.123. The van der Waals surface area contributed by atoms with Crippen LogP contribution in [-0.2, 0) is 11.3 Å². The third kappa shape index (κ3) is 5.03. The summed E-state index contributed by atoms with van der Waals surface area (Å²) in [5.74, 6) is 0.340. The Morgan fingerprint density at radius 3 is 2.83 bits per heavy atom. The van der Waals surface area contributed by atoms with Gasteiger partial charge in [0.15, 0.2) is 0 Å². The van der Waals surface area contributed by atoms with Crippen LogP contribution in [0, 0.1) is 5.92 Å². The first kappa shape index (κ1) is 20.6. The lowest BCUT2D eigenvalue weighted by atomic mass is 9.90. The van der Waals surface area contributed by atoms with E-state index in [0.29, 0.717) is 24.4 Å². The molecule has 24 heavy (non-hydrogen) atoms. The van der Waals surface area contributed by atoms with Crippen LogP contribution in [0.2, 0.25) is 0 Å². The fourth-order valence-electron chi connectivity index (χ4n) is 2.76. The SMILES string of the molecule is CC(C)CC(C)(CN)NC(=O)CCn1cnc2sccc2c1=O.Cl. The molecule has 8 heteroatoms. The Labute approximate surface area is 151 Å². The summed E-state index contributed by atoms with van der Waals surface area (Å²) < 4.78 is 1.48. The molecule has 0 aliphatic carbocycles. The van der Waals surface area contributed by atoms with Crippen LogP contribution in [0.4, 0.5) is 0 Å². The van der Waals surface area contributed by atoms with Crippen molar-refractivity contribution in [3.05, 3.63) is 28.1 Å². The summed E-state index contributed by atoms with van der Waals surface area (Å²) in [6, 6.07) is 1.76. The summed E-state index contributed by atoms with van der Waals surface area (Å²) in [4.78, 5) is 29.4. The molecule has 6 nitrogen and oxygen atoms in total. The van der Waals surface area contributed by atoms with Crippen molar-refractivity contribution in [2.24, 2.45) is 11.7 Å². The van der Waals surface area contributed by atoms with Crippen LogP contribution < -0.4 is 16.6 Å². The van der Waals surface area contributed by atoms with E-state index in [2.05, 4.69) is 24.1 Å². The predicted octanol–water partition coefficient (Wildman–Crippen LogP) is 2.15. The van der Waals surface area contributed by atoms with Crippen molar-refractivity contribution in [1.82, 2.24) is 14.9 Å². The van der Waals surface area contributed by atoms with E-state index in [9.17, 15) is 9.59 Å². The Balaban J connectivity index is 0.00000288. The number of fused-ring (bicyclic) bond motifs is 1. The third-order valence-electron chi connectivity index (χ3n) is 3.78. The van der Waals surface area contributed by atoms with Gasteiger partial charge in [0.1, 0.15) is 4.83 Å². The summed E-state index contributed by atoms with van der Waals surface area (Å²) in [7, 11) is 0. The molecule has 0 radical (unpaired) electrons. The molecule has 0 aromatic carbocycles. The lowest BCUT2D eigenvalue weighted by Gasteiger charge is -2.31. The van der Waals surface area contributed by atoms with Crippen molar-refractivity contribution in [2.75, 3.05) is 6.54 Å². The average Bonchev–Trinajstić information content (AvgIpc) is 2.95. The Morgan fingerprint density at radius 2 is 2.21 bits per heavy atom. The second-order valence-corrected chi connectivity index (χ2v) is 7.44. The van der Waals surface area contributed by atoms with E-state index in [1.54, 1.807) is 6.07 Å². The number of hydrogen-bond acceptors (Lipinski definition) is 5. The molecule has 0 fully saturated rings. The topological polar surface area (TPSA) is 90.0 Å². The van der Waals surface area contributed by atoms with Gasteiger partial charge in [0.05, 0.1) is 11.7 Å². The summed E-state index contributed by atoms with van der Waals surface area (Å²) in [5.41, 5.74) is 5.29. The van der Waals surface area contributed by atoms with E-state index in [-0.39, 0.29) is 30.3 Å². The van der Waals surface area contributed by atoms with E-state index < -0.39 is 5.54 Å². The zero-order valence-corrected chi connectivity index (χ0v) is 15.9. The van der Waals surface area contributed by atoms with Crippen LogP contribution in [0.5, 0.6) is 0 Å². The van der Waals surface area contributed by atoms with Gasteiger partial charge < -0.3 is 11.1 Å². The highest BCUT2D eigenvalue weighted by atomic mass is 35.5. The molecule has 2 heterocycles. The molecule has 0 aliphatic heterocycles. The number of halogens is 1. The molecule has 1 amide bonds. The minimum absolute atomic E-state index is 0. The van der Waals surface area contributed by atoms with Gasteiger partial charge in [-0.15, -0.1) is 23.7 Å². The zero-order chi connectivity index (χ0) is 17.0. The molecule has 134 valence electrons. The number of hydrogen-bond donors (Lipinski definition) is 2. The summed E-state index contributed by atoms with van der Waals surface area (Å²) in [5, 5.41) is 5.44. The molecule has 0 aliphatic rings. The fourth-order valence-corrected chi connectivity index (χ4v) is 3.48. The quantitative estimate of drug-likeness (QED) is 0.779. The van der Waals surface area contributed by atoms with E-state index in [1.165, 1.54) is 22.2 Å². The summed E-state index contributed by atoms with van der Waals surface area (Å²) in [6.45, 7) is 6.85. The van der Waals surface area contributed by atoms with Crippen molar-refractivity contribution in [3.63, 3.8) is 0 Å². The van der Waals surface area contributed by atoms with E-state index in [4.69, 9.17) is 5.73 Å². The molecule has 0 saturated heterocycles. The maximum atomic E-state index is 12.3. The average molecular weight is 373 g/mol. The van der Waals surface area contributed by atoms with Crippen LogP contribution in [0.25, 0.3) is 10.2 Å². The molecule has 1 atom stereocenters. The number of aromatic nitrogens is 2. The maximum Gasteiger partial charge on any atom is 0.262 e. The number of nitrogens with zero attached hydrogens (tertiary/aromatic N) is 2. The van der Waals surface area contributed by atoms with Crippen LogP contribution in [0.15, 0.2) is 22.6 Å². The van der Waals surface area contributed by atoms with Gasteiger partial charge in [-0.2, -0.15) is 0 Å². The number of nitrogens with one attached hydrogen (secondary N) is 1. The smallest absolute Gasteiger partial charge is 0.262 e. The second kappa shape index (κ2) is 8.60. The first-order valence-electron chi connectivity index (χ1n) is 7.78. The van der Waals surface area contributed by atoms with Crippen molar-refractivity contribution in [1.29, 1.82) is 0 Å². The number of carbonyl (C=O) groups excluding carboxylic acids is 1. The van der Waals surface area contributed by atoms with Gasteiger partial charge in [0.25, 0.3) is 5.56 Å². The Morgan fingerprint density at radius 1 is 1.50 bits per heavy atom. The largest absolute Gasteiger partial charge is 0.350 e. The highest BCUT2D eigenvalue weighted by Crippen LogP contribution is 2.16. The molecule has 3 N–H and O–H groups in total. The van der Waals surface area contributed by atoms with Gasteiger partial charge in [0, 0.05) is 25.0 Å².